The van der Waals surface area contributed by atoms with Crippen LogP contribution in [0.3, 0.4) is 0 Å². The molecule has 0 atom stereocenters. The zero-order chi connectivity index (χ0) is 14.2. The van der Waals surface area contributed by atoms with Crippen molar-refractivity contribution in [2.24, 2.45) is 0 Å². The Morgan fingerprint density at radius 2 is 1.89 bits per heavy atom. The van der Waals surface area contributed by atoms with E-state index in [1.165, 1.54) is 11.6 Å². The van der Waals surface area contributed by atoms with Crippen LogP contribution in [0.5, 0.6) is 5.75 Å². The molecule has 1 heterocycles. The maximum Gasteiger partial charge on any atom is 0.360 e. The molecule has 0 unspecified atom stereocenters. The molecule has 7 heteroatoms. The van der Waals surface area contributed by atoms with Gasteiger partial charge in [-0.25, -0.2) is 9.48 Å². The highest BCUT2D eigenvalue weighted by Gasteiger charge is 2.19. The van der Waals surface area contributed by atoms with Crippen molar-refractivity contribution in [2.45, 2.75) is 6.92 Å². The summed E-state index contributed by atoms with van der Waals surface area (Å²) in [5, 5.41) is 22.8. The molecular weight excluding hydrogens is 272 g/mol. The number of carboxylic acid groups (broad SMARTS) is 1. The number of aromatic carboxylic acids is 1. The second-order valence-electron chi connectivity index (χ2n) is 3.81. The average Bonchev–Trinajstić information content (AvgIpc) is 2.37. The molecule has 0 radical (unpaired) electrons. The largest absolute Gasteiger partial charge is 0.503 e. The molecule has 98 valence electrons. The summed E-state index contributed by atoms with van der Waals surface area (Å²) < 4.78 is 1.18. The molecule has 0 saturated heterocycles. The Bertz CT molecular complexity index is 707. The standard InChI is InChI=1S/C12H9ClN2O4/c1-6-10(16)11(17)9(12(18)19)14-15(6)8-4-2-7(13)3-5-8/h2-5,16H,1H3,(H,18,19). The quantitative estimate of drug-likeness (QED) is 0.871. The van der Waals surface area contributed by atoms with Crippen LogP contribution in [0.15, 0.2) is 29.1 Å². The SMILES string of the molecule is Cc1c(O)c(=O)c(C(=O)O)nn1-c1ccc(Cl)cc1. The molecule has 0 aliphatic rings. The summed E-state index contributed by atoms with van der Waals surface area (Å²) in [5.74, 6) is -2.13. The minimum atomic E-state index is -1.50. The first-order valence-electron chi connectivity index (χ1n) is 5.24. The van der Waals surface area contributed by atoms with E-state index in [4.69, 9.17) is 16.7 Å². The minimum Gasteiger partial charge on any atom is -0.503 e. The highest BCUT2D eigenvalue weighted by Crippen LogP contribution is 2.17. The lowest BCUT2D eigenvalue weighted by Crippen LogP contribution is -2.23. The number of hydrogen-bond donors (Lipinski definition) is 2. The summed E-state index contributed by atoms with van der Waals surface area (Å²) >= 11 is 5.75. The van der Waals surface area contributed by atoms with Gasteiger partial charge < -0.3 is 10.2 Å². The lowest BCUT2D eigenvalue weighted by molar-refractivity contribution is 0.0686. The van der Waals surface area contributed by atoms with E-state index >= 15 is 0 Å². The van der Waals surface area contributed by atoms with E-state index < -0.39 is 22.8 Å². The van der Waals surface area contributed by atoms with Gasteiger partial charge in [-0.05, 0) is 31.2 Å². The lowest BCUT2D eigenvalue weighted by Gasteiger charge is -2.11. The van der Waals surface area contributed by atoms with Crippen molar-refractivity contribution in [3.63, 3.8) is 0 Å². The van der Waals surface area contributed by atoms with Crippen LogP contribution in [-0.4, -0.2) is 26.0 Å². The summed E-state index contributed by atoms with van der Waals surface area (Å²) in [6, 6.07) is 6.37. The van der Waals surface area contributed by atoms with Crippen molar-refractivity contribution in [1.29, 1.82) is 0 Å². The molecule has 2 aromatic rings. The second kappa shape index (κ2) is 4.74. The third kappa shape index (κ3) is 2.30. The van der Waals surface area contributed by atoms with E-state index in [1.54, 1.807) is 24.3 Å². The van der Waals surface area contributed by atoms with Crippen molar-refractivity contribution in [3.8, 4) is 11.4 Å². The third-order valence-electron chi connectivity index (χ3n) is 2.56. The third-order valence-corrected chi connectivity index (χ3v) is 2.82. The molecule has 2 rings (SSSR count). The number of aromatic nitrogens is 2. The molecule has 1 aromatic carbocycles. The van der Waals surface area contributed by atoms with Crippen molar-refractivity contribution < 1.29 is 15.0 Å². The molecular formula is C12H9ClN2O4. The number of halogens is 1. The Hall–Kier alpha value is -2.34. The Morgan fingerprint density at radius 1 is 1.32 bits per heavy atom. The van der Waals surface area contributed by atoms with E-state index in [2.05, 4.69) is 5.10 Å². The number of rotatable bonds is 2. The predicted molar refractivity (Wildman–Crippen MR) is 68.2 cm³/mol. The van der Waals surface area contributed by atoms with Gasteiger partial charge in [-0.15, -0.1) is 0 Å². The van der Waals surface area contributed by atoms with Gasteiger partial charge in [0, 0.05) is 5.02 Å². The first-order chi connectivity index (χ1) is 8.91. The molecule has 0 aliphatic carbocycles. The highest BCUT2D eigenvalue weighted by atomic mass is 35.5. The van der Waals surface area contributed by atoms with Crippen molar-refractivity contribution in [2.75, 3.05) is 0 Å². The summed E-state index contributed by atoms with van der Waals surface area (Å²) in [6.07, 6.45) is 0. The maximum atomic E-state index is 11.5. The van der Waals surface area contributed by atoms with Gasteiger partial charge in [-0.1, -0.05) is 11.6 Å². The molecule has 1 aromatic heterocycles. The number of carbonyl (C=O) groups is 1. The van der Waals surface area contributed by atoms with Crippen LogP contribution in [0.25, 0.3) is 5.69 Å². The molecule has 0 amide bonds. The Morgan fingerprint density at radius 3 is 2.42 bits per heavy atom. The van der Waals surface area contributed by atoms with Gasteiger partial charge in [0.1, 0.15) is 0 Å². The number of carboxylic acids is 1. The van der Waals surface area contributed by atoms with Crippen molar-refractivity contribution in [1.82, 2.24) is 9.78 Å². The highest BCUT2D eigenvalue weighted by molar-refractivity contribution is 6.30. The molecule has 0 aliphatic heterocycles. The fourth-order valence-corrected chi connectivity index (χ4v) is 1.70. The molecule has 0 fully saturated rings. The van der Waals surface area contributed by atoms with E-state index in [0.29, 0.717) is 10.7 Å². The summed E-state index contributed by atoms with van der Waals surface area (Å²) in [4.78, 5) is 22.5. The minimum absolute atomic E-state index is 0.150. The summed E-state index contributed by atoms with van der Waals surface area (Å²) in [6.45, 7) is 1.46. The molecule has 0 saturated carbocycles. The van der Waals surface area contributed by atoms with Gasteiger partial charge in [0.2, 0.25) is 5.69 Å². The number of aromatic hydroxyl groups is 1. The van der Waals surface area contributed by atoms with Gasteiger partial charge in [0.15, 0.2) is 5.75 Å². The van der Waals surface area contributed by atoms with Crippen molar-refractivity contribution >= 4 is 17.6 Å². The first-order valence-corrected chi connectivity index (χ1v) is 5.61. The van der Waals surface area contributed by atoms with Crippen LogP contribution in [-0.2, 0) is 0 Å². The monoisotopic (exact) mass is 280 g/mol. The van der Waals surface area contributed by atoms with Crippen LogP contribution in [0, 0.1) is 6.92 Å². The first kappa shape index (κ1) is 13.1. The molecule has 0 spiro atoms. The zero-order valence-electron chi connectivity index (χ0n) is 9.79. The van der Waals surface area contributed by atoms with Crippen molar-refractivity contribution in [3.05, 3.63) is 50.9 Å². The van der Waals surface area contributed by atoms with Gasteiger partial charge in [-0.3, -0.25) is 4.79 Å². The number of nitrogens with zero attached hydrogens (tertiary/aromatic N) is 2. The Kier molecular flexibility index (Phi) is 3.26. The van der Waals surface area contributed by atoms with Crippen LogP contribution in [0.1, 0.15) is 16.2 Å². The van der Waals surface area contributed by atoms with Gasteiger partial charge in [-0.2, -0.15) is 5.10 Å². The van der Waals surface area contributed by atoms with E-state index in [1.807, 2.05) is 0 Å². The van der Waals surface area contributed by atoms with Gasteiger partial charge >= 0.3 is 5.97 Å². The molecule has 6 nitrogen and oxygen atoms in total. The number of benzene rings is 1. The van der Waals surface area contributed by atoms with Crippen LogP contribution in [0.4, 0.5) is 0 Å². The fraction of sp³-hybridized carbons (Fsp3) is 0.0833. The van der Waals surface area contributed by atoms with Crippen LogP contribution >= 0.6 is 11.6 Å². The fourth-order valence-electron chi connectivity index (χ4n) is 1.57. The lowest BCUT2D eigenvalue weighted by atomic mass is 10.2. The second-order valence-corrected chi connectivity index (χ2v) is 4.24. The molecule has 19 heavy (non-hydrogen) atoms. The van der Waals surface area contributed by atoms with Crippen LogP contribution in [0.2, 0.25) is 5.02 Å². The van der Waals surface area contributed by atoms with E-state index in [0.717, 1.165) is 0 Å². The van der Waals surface area contributed by atoms with Crippen LogP contribution < -0.4 is 5.43 Å². The van der Waals surface area contributed by atoms with Gasteiger partial charge in [0.25, 0.3) is 5.43 Å². The summed E-state index contributed by atoms with van der Waals surface area (Å²) in [7, 11) is 0. The Balaban J connectivity index is 2.74. The zero-order valence-corrected chi connectivity index (χ0v) is 10.5. The average molecular weight is 281 g/mol. The maximum absolute atomic E-state index is 11.5. The summed E-state index contributed by atoms with van der Waals surface area (Å²) in [5.41, 5.74) is -1.11. The smallest absolute Gasteiger partial charge is 0.360 e. The normalized spacial score (nSPS) is 10.4. The van der Waals surface area contributed by atoms with E-state index in [-0.39, 0.29) is 5.69 Å². The number of hydrogen-bond acceptors (Lipinski definition) is 4. The molecule has 0 bridgehead atoms. The predicted octanol–water partition coefficient (Wildman–Crippen LogP) is 1.60. The van der Waals surface area contributed by atoms with Gasteiger partial charge in [0.05, 0.1) is 11.4 Å². The van der Waals surface area contributed by atoms with E-state index in [9.17, 15) is 14.7 Å². The Labute approximate surface area is 112 Å². The topological polar surface area (TPSA) is 92.4 Å². The molecule has 2 N–H and O–H groups in total.